The zero-order chi connectivity index (χ0) is 15.1. The molecule has 1 saturated heterocycles. The van der Waals surface area contributed by atoms with Crippen LogP contribution in [0.3, 0.4) is 0 Å². The largest absolute Gasteiger partial charge is 0.379 e. The van der Waals surface area contributed by atoms with Crippen LogP contribution in [0.2, 0.25) is 0 Å². The van der Waals surface area contributed by atoms with Gasteiger partial charge in [0.15, 0.2) is 0 Å². The summed E-state index contributed by atoms with van der Waals surface area (Å²) in [4.78, 5) is 14.1. The second-order valence-electron chi connectivity index (χ2n) is 5.53. The second kappa shape index (κ2) is 8.00. The van der Waals surface area contributed by atoms with E-state index in [1.807, 2.05) is 12.1 Å². The maximum Gasteiger partial charge on any atom is 0.239 e. The van der Waals surface area contributed by atoms with Crippen molar-refractivity contribution in [3.8, 4) is 0 Å². The standard InChI is InChI=1S/C16H25N3O2/c1-13-9-14(2)11-15(10-13)18-12-16(20)17-3-4-19-5-7-21-8-6-19/h9-11,18H,3-8,12H2,1-2H3,(H,17,20). The van der Waals surface area contributed by atoms with Crippen molar-refractivity contribution in [2.45, 2.75) is 13.8 Å². The molecule has 2 N–H and O–H groups in total. The van der Waals surface area contributed by atoms with Crippen LogP contribution in [0.15, 0.2) is 18.2 Å². The minimum Gasteiger partial charge on any atom is -0.379 e. The molecule has 0 bridgehead atoms. The SMILES string of the molecule is Cc1cc(C)cc(NCC(=O)NCCN2CCOCC2)c1. The lowest BCUT2D eigenvalue weighted by Gasteiger charge is -2.26. The van der Waals surface area contributed by atoms with E-state index in [1.165, 1.54) is 11.1 Å². The van der Waals surface area contributed by atoms with Gasteiger partial charge in [-0.05, 0) is 37.1 Å². The summed E-state index contributed by atoms with van der Waals surface area (Å²) in [6.45, 7) is 9.50. The number of amides is 1. The van der Waals surface area contributed by atoms with Crippen molar-refractivity contribution < 1.29 is 9.53 Å². The number of anilines is 1. The average Bonchev–Trinajstić information content (AvgIpc) is 2.45. The molecule has 1 aliphatic rings. The van der Waals surface area contributed by atoms with Crippen molar-refractivity contribution in [2.75, 3.05) is 51.3 Å². The van der Waals surface area contributed by atoms with Gasteiger partial charge in [-0.3, -0.25) is 9.69 Å². The van der Waals surface area contributed by atoms with Crippen LogP contribution >= 0.6 is 0 Å². The molecule has 0 aromatic heterocycles. The van der Waals surface area contributed by atoms with Gasteiger partial charge in [0.05, 0.1) is 19.8 Å². The predicted molar refractivity (Wildman–Crippen MR) is 84.7 cm³/mol. The minimum atomic E-state index is 0.0300. The van der Waals surface area contributed by atoms with Gasteiger partial charge in [0, 0.05) is 31.9 Å². The highest BCUT2D eigenvalue weighted by molar-refractivity contribution is 5.80. The molecule has 1 heterocycles. The van der Waals surface area contributed by atoms with E-state index in [4.69, 9.17) is 4.74 Å². The van der Waals surface area contributed by atoms with Gasteiger partial charge >= 0.3 is 0 Å². The van der Waals surface area contributed by atoms with Gasteiger partial charge in [-0.25, -0.2) is 0 Å². The molecule has 1 aromatic rings. The third-order valence-electron chi connectivity index (χ3n) is 3.53. The van der Waals surface area contributed by atoms with Crippen LogP contribution in [-0.4, -0.2) is 56.7 Å². The fraction of sp³-hybridized carbons (Fsp3) is 0.562. The van der Waals surface area contributed by atoms with Crippen molar-refractivity contribution in [1.29, 1.82) is 0 Å². The van der Waals surface area contributed by atoms with Gasteiger partial charge in [0.2, 0.25) is 5.91 Å². The first-order chi connectivity index (χ1) is 10.1. The summed E-state index contributed by atoms with van der Waals surface area (Å²) in [5, 5.41) is 6.11. The van der Waals surface area contributed by atoms with Gasteiger partial charge in [0.1, 0.15) is 0 Å². The Morgan fingerprint density at radius 1 is 1.19 bits per heavy atom. The Morgan fingerprint density at radius 2 is 1.86 bits per heavy atom. The summed E-state index contributed by atoms with van der Waals surface area (Å²) < 4.78 is 5.29. The molecule has 21 heavy (non-hydrogen) atoms. The highest BCUT2D eigenvalue weighted by atomic mass is 16.5. The van der Waals surface area contributed by atoms with E-state index in [2.05, 4.69) is 35.4 Å². The number of morpholine rings is 1. The number of benzene rings is 1. The molecule has 0 spiro atoms. The highest BCUT2D eigenvalue weighted by Crippen LogP contribution is 2.13. The molecule has 1 aromatic carbocycles. The summed E-state index contributed by atoms with van der Waals surface area (Å²) in [5.41, 5.74) is 3.39. The molecule has 0 radical (unpaired) electrons. The van der Waals surface area contributed by atoms with Crippen LogP contribution < -0.4 is 10.6 Å². The van der Waals surface area contributed by atoms with Gasteiger partial charge < -0.3 is 15.4 Å². The lowest BCUT2D eigenvalue weighted by atomic mass is 10.1. The maximum absolute atomic E-state index is 11.8. The Balaban J connectivity index is 1.65. The predicted octanol–water partition coefficient (Wildman–Crippen LogP) is 1.16. The van der Waals surface area contributed by atoms with Gasteiger partial charge in [0.25, 0.3) is 0 Å². The summed E-state index contributed by atoms with van der Waals surface area (Å²) in [5.74, 6) is 0.0300. The normalized spacial score (nSPS) is 15.7. The molecule has 116 valence electrons. The topological polar surface area (TPSA) is 53.6 Å². The van der Waals surface area contributed by atoms with Crippen LogP contribution in [0.4, 0.5) is 5.69 Å². The van der Waals surface area contributed by atoms with Gasteiger partial charge in [-0.15, -0.1) is 0 Å². The molecular formula is C16H25N3O2. The van der Waals surface area contributed by atoms with E-state index in [0.717, 1.165) is 38.5 Å². The van der Waals surface area contributed by atoms with Crippen LogP contribution in [0.25, 0.3) is 0 Å². The molecule has 0 atom stereocenters. The highest BCUT2D eigenvalue weighted by Gasteiger charge is 2.10. The first-order valence-electron chi connectivity index (χ1n) is 7.52. The molecule has 1 aliphatic heterocycles. The molecule has 5 nitrogen and oxygen atoms in total. The summed E-state index contributed by atoms with van der Waals surface area (Å²) in [6.07, 6.45) is 0. The second-order valence-corrected chi connectivity index (χ2v) is 5.53. The van der Waals surface area contributed by atoms with Crippen LogP contribution in [0.1, 0.15) is 11.1 Å². The number of carbonyl (C=O) groups is 1. The Kier molecular flexibility index (Phi) is 6.02. The Morgan fingerprint density at radius 3 is 2.52 bits per heavy atom. The van der Waals surface area contributed by atoms with Crippen LogP contribution in [0, 0.1) is 13.8 Å². The Hall–Kier alpha value is -1.59. The van der Waals surface area contributed by atoms with E-state index < -0.39 is 0 Å². The number of rotatable bonds is 6. The number of aryl methyl sites for hydroxylation is 2. The summed E-state index contributed by atoms with van der Waals surface area (Å²) in [7, 11) is 0. The molecule has 5 heteroatoms. The fourth-order valence-corrected chi connectivity index (χ4v) is 2.50. The van der Waals surface area contributed by atoms with E-state index in [1.54, 1.807) is 0 Å². The number of carbonyl (C=O) groups excluding carboxylic acids is 1. The monoisotopic (exact) mass is 291 g/mol. The Labute approximate surface area is 126 Å². The first-order valence-corrected chi connectivity index (χ1v) is 7.52. The fourth-order valence-electron chi connectivity index (χ4n) is 2.50. The quantitative estimate of drug-likeness (QED) is 0.826. The zero-order valence-corrected chi connectivity index (χ0v) is 12.9. The number of nitrogens with one attached hydrogen (secondary N) is 2. The molecule has 0 unspecified atom stereocenters. The van der Waals surface area contributed by atoms with Crippen molar-refractivity contribution in [3.63, 3.8) is 0 Å². The number of nitrogens with zero attached hydrogens (tertiary/aromatic N) is 1. The first kappa shape index (κ1) is 15.8. The molecule has 1 fully saturated rings. The molecule has 1 amide bonds. The smallest absolute Gasteiger partial charge is 0.239 e. The molecule has 0 saturated carbocycles. The van der Waals surface area contributed by atoms with Crippen molar-refractivity contribution in [3.05, 3.63) is 29.3 Å². The summed E-state index contributed by atoms with van der Waals surface area (Å²) >= 11 is 0. The van der Waals surface area contributed by atoms with Crippen LogP contribution in [0.5, 0.6) is 0 Å². The molecule has 2 rings (SSSR count). The average molecular weight is 291 g/mol. The number of hydrogen-bond acceptors (Lipinski definition) is 4. The van der Waals surface area contributed by atoms with Crippen molar-refractivity contribution in [1.82, 2.24) is 10.2 Å². The van der Waals surface area contributed by atoms with Crippen molar-refractivity contribution in [2.24, 2.45) is 0 Å². The van der Waals surface area contributed by atoms with Gasteiger partial charge in [-0.2, -0.15) is 0 Å². The lowest BCUT2D eigenvalue weighted by Crippen LogP contribution is -2.42. The Bertz CT molecular complexity index is 450. The molecule has 0 aliphatic carbocycles. The van der Waals surface area contributed by atoms with Crippen molar-refractivity contribution >= 4 is 11.6 Å². The van der Waals surface area contributed by atoms with Gasteiger partial charge in [-0.1, -0.05) is 6.07 Å². The molecular weight excluding hydrogens is 266 g/mol. The van der Waals surface area contributed by atoms with E-state index in [9.17, 15) is 4.79 Å². The third-order valence-corrected chi connectivity index (χ3v) is 3.53. The van der Waals surface area contributed by atoms with E-state index in [0.29, 0.717) is 13.1 Å². The number of hydrogen-bond donors (Lipinski definition) is 2. The lowest BCUT2D eigenvalue weighted by molar-refractivity contribution is -0.119. The minimum absolute atomic E-state index is 0.0300. The zero-order valence-electron chi connectivity index (χ0n) is 12.9. The van der Waals surface area contributed by atoms with Crippen LogP contribution in [-0.2, 0) is 9.53 Å². The van der Waals surface area contributed by atoms with E-state index >= 15 is 0 Å². The number of ether oxygens (including phenoxy) is 1. The van der Waals surface area contributed by atoms with E-state index in [-0.39, 0.29) is 5.91 Å². The third kappa shape index (κ3) is 5.73. The summed E-state index contributed by atoms with van der Waals surface area (Å²) in [6, 6.07) is 6.22. The maximum atomic E-state index is 11.8.